The van der Waals surface area contributed by atoms with E-state index in [4.69, 9.17) is 17.6 Å². The number of para-hydroxylation sites is 4. The van der Waals surface area contributed by atoms with Crippen LogP contribution >= 0.6 is 23.1 Å². The zero-order valence-corrected chi connectivity index (χ0v) is 35.6. The van der Waals surface area contributed by atoms with Crippen LogP contribution in [0.2, 0.25) is 0 Å². The molecule has 2 aliphatic carbocycles. The minimum Gasteiger partial charge on any atom is -0.506 e. The second-order valence-electron chi connectivity index (χ2n) is 14.2. The molecule has 3 atom stereocenters. The van der Waals surface area contributed by atoms with Gasteiger partial charge in [0, 0.05) is 27.6 Å². The Morgan fingerprint density at radius 1 is 0.759 bits per heavy atom. The molecule has 0 spiro atoms. The number of phenolic OH excluding ortho intramolecular Hbond substituents is 1. The Morgan fingerprint density at radius 2 is 1.28 bits per heavy atom. The summed E-state index contributed by atoms with van der Waals surface area (Å²) in [5.74, 6) is 4.16. The van der Waals surface area contributed by atoms with Gasteiger partial charge in [0.15, 0.2) is 6.04 Å². The molecule has 1 aliphatic heterocycles. The Hall–Kier alpha value is -5.17. The van der Waals surface area contributed by atoms with Gasteiger partial charge in [-0.3, -0.25) is 29.0 Å². The normalized spacial score (nSPS) is 17.5. The summed E-state index contributed by atoms with van der Waals surface area (Å²) in [6.45, 7) is 6.07. The number of thiophene rings is 1. The molecule has 3 aliphatic rings. The maximum absolute atomic E-state index is 13.3. The molecule has 3 aromatic rings. The van der Waals surface area contributed by atoms with Crippen molar-refractivity contribution in [3.63, 3.8) is 0 Å². The van der Waals surface area contributed by atoms with Crippen LogP contribution in [0.3, 0.4) is 0 Å². The first-order valence-electron chi connectivity index (χ1n) is 20.2. The first-order valence-corrected chi connectivity index (χ1v) is 22.0. The van der Waals surface area contributed by atoms with E-state index in [0.29, 0.717) is 17.4 Å². The average molecular weight is 825 g/mol. The van der Waals surface area contributed by atoms with Gasteiger partial charge in [-0.1, -0.05) is 95.7 Å². The van der Waals surface area contributed by atoms with Crippen LogP contribution in [0.4, 0.5) is 11.4 Å². The number of carbonyl (C=O) groups excluding carboxylic acids is 4. The van der Waals surface area contributed by atoms with Crippen LogP contribution in [0.1, 0.15) is 95.9 Å². The molecule has 2 heterocycles. The zero-order chi connectivity index (χ0) is 42.0. The molecule has 0 radical (unpaired) electrons. The molecular weight excluding hydrogens is 769 g/mol. The molecule has 2 saturated carbocycles. The molecule has 3 unspecified atom stereocenters. The van der Waals surface area contributed by atoms with Crippen molar-refractivity contribution in [3.05, 3.63) is 81.9 Å². The Balaban J connectivity index is 0.000000246. The molecule has 12 heteroatoms. The van der Waals surface area contributed by atoms with E-state index in [-0.39, 0.29) is 35.3 Å². The molecule has 0 saturated heterocycles. The number of phenols is 1. The van der Waals surface area contributed by atoms with Crippen LogP contribution in [0, 0.1) is 30.6 Å². The summed E-state index contributed by atoms with van der Waals surface area (Å²) in [6, 6.07) is 15.8. The third-order valence-corrected chi connectivity index (χ3v) is 12.4. The third kappa shape index (κ3) is 11.9. The van der Waals surface area contributed by atoms with Crippen molar-refractivity contribution < 1.29 is 29.0 Å². The molecule has 1 aromatic heterocycles. The lowest BCUT2D eigenvalue weighted by Crippen LogP contribution is -2.52. The van der Waals surface area contributed by atoms with Gasteiger partial charge in [-0.25, -0.2) is 0 Å². The number of benzene rings is 2. The Bertz CT molecular complexity index is 1940. The quantitative estimate of drug-likeness (QED) is 0.166. The van der Waals surface area contributed by atoms with Crippen LogP contribution in [0.15, 0.2) is 77.0 Å². The van der Waals surface area contributed by atoms with E-state index in [2.05, 4.69) is 29.4 Å². The molecule has 6 rings (SSSR count). The zero-order valence-electron chi connectivity index (χ0n) is 33.9. The van der Waals surface area contributed by atoms with Gasteiger partial charge in [0.1, 0.15) is 17.5 Å². The first kappa shape index (κ1) is 45.5. The molecule has 308 valence electrons. The van der Waals surface area contributed by atoms with Gasteiger partial charge in [-0.05, 0) is 79.2 Å². The number of ether oxygens (including phenoxy) is 1. The number of amides is 4. The SMILES string of the molecule is C#CC(=O)N(c1ccccc1O)C(C(=O)NC1CCCCC1)C1=CC(C)CS1.C#CC(=O)N(c1ccccc1OC)C(C(=O)NC1CCCCC1)c1cccs1.CC. The van der Waals surface area contributed by atoms with E-state index in [1.54, 1.807) is 48.2 Å². The summed E-state index contributed by atoms with van der Waals surface area (Å²) in [7, 11) is 1.53. The molecule has 0 bridgehead atoms. The lowest BCUT2D eigenvalue weighted by atomic mass is 9.95. The van der Waals surface area contributed by atoms with E-state index >= 15 is 0 Å². The number of hydrogen-bond acceptors (Lipinski definition) is 8. The highest BCUT2D eigenvalue weighted by atomic mass is 32.2. The fourth-order valence-electron chi connectivity index (χ4n) is 7.39. The van der Waals surface area contributed by atoms with Crippen LogP contribution in [-0.4, -0.2) is 59.7 Å². The summed E-state index contributed by atoms with van der Waals surface area (Å²) < 4.78 is 5.43. The van der Waals surface area contributed by atoms with Crippen molar-refractivity contribution in [1.82, 2.24) is 10.6 Å². The lowest BCUT2D eigenvalue weighted by molar-refractivity contribution is -0.125. The average Bonchev–Trinajstić information content (AvgIpc) is 3.95. The van der Waals surface area contributed by atoms with Crippen molar-refractivity contribution in [2.75, 3.05) is 22.7 Å². The number of methoxy groups -OCH3 is 1. The van der Waals surface area contributed by atoms with Crippen LogP contribution in [0.5, 0.6) is 11.5 Å². The Morgan fingerprint density at radius 3 is 1.76 bits per heavy atom. The summed E-state index contributed by atoms with van der Waals surface area (Å²) in [4.78, 5) is 56.3. The van der Waals surface area contributed by atoms with Crippen molar-refractivity contribution in [2.24, 2.45) is 5.92 Å². The third-order valence-electron chi connectivity index (χ3n) is 10.1. The minimum absolute atomic E-state index is 0.0850. The van der Waals surface area contributed by atoms with E-state index in [0.717, 1.165) is 66.9 Å². The number of carbonyl (C=O) groups is 4. The number of aromatic hydroxyl groups is 1. The smallest absolute Gasteiger partial charge is 0.303 e. The topological polar surface area (TPSA) is 128 Å². The monoisotopic (exact) mass is 824 g/mol. The first-order chi connectivity index (χ1) is 28.2. The number of terminal acetylenes is 2. The summed E-state index contributed by atoms with van der Waals surface area (Å²) in [5.41, 5.74) is 0.723. The molecular formula is C46H56N4O6S2. The standard InChI is InChI=1S/C22H24N2O3S.C22H26N2O3S.C2H6/c1-3-20(25)24(17-12-7-8-13-18(17)27-2)21(19-14-9-15-28-19)22(26)23-16-10-5-4-6-11-16;1-3-20(26)24(17-11-7-8-12-18(17)25)21(19-13-15(2)14-28-19)22(27)23-16-9-5-4-6-10-16;1-2/h1,7-9,12-16,21H,4-6,10-11H2,2H3,(H,23,26);1,7-8,11-13,15-16,21,25H,4-6,9-10,14H2,2H3,(H,23,27);1-2H3. The molecule has 3 N–H and O–H groups in total. The van der Waals surface area contributed by atoms with E-state index in [9.17, 15) is 24.3 Å². The number of nitrogens with one attached hydrogen (secondary N) is 2. The van der Waals surface area contributed by atoms with Gasteiger partial charge in [0.25, 0.3) is 0 Å². The van der Waals surface area contributed by atoms with Gasteiger partial charge in [-0.2, -0.15) is 0 Å². The number of anilines is 2. The molecule has 2 fully saturated rings. The number of hydrogen-bond donors (Lipinski definition) is 3. The van der Waals surface area contributed by atoms with Gasteiger partial charge < -0.3 is 20.5 Å². The van der Waals surface area contributed by atoms with Crippen LogP contribution in [0.25, 0.3) is 0 Å². The number of thioether (sulfide) groups is 1. The van der Waals surface area contributed by atoms with Crippen LogP contribution in [-0.2, 0) is 19.2 Å². The second kappa shape index (κ2) is 23.3. The van der Waals surface area contributed by atoms with Gasteiger partial charge in [0.05, 0.1) is 18.5 Å². The van der Waals surface area contributed by atoms with Crippen molar-refractivity contribution in [1.29, 1.82) is 0 Å². The number of rotatable bonds is 11. The predicted molar refractivity (Wildman–Crippen MR) is 236 cm³/mol. The van der Waals surface area contributed by atoms with Crippen molar-refractivity contribution in [3.8, 4) is 36.2 Å². The lowest BCUT2D eigenvalue weighted by Gasteiger charge is -2.32. The Kier molecular flexibility index (Phi) is 18.3. The molecule has 58 heavy (non-hydrogen) atoms. The van der Waals surface area contributed by atoms with Crippen molar-refractivity contribution >= 4 is 58.1 Å². The summed E-state index contributed by atoms with van der Waals surface area (Å²) in [6.07, 6.45) is 23.5. The summed E-state index contributed by atoms with van der Waals surface area (Å²) in [5, 5.41) is 18.5. The molecule has 2 aromatic carbocycles. The highest BCUT2D eigenvalue weighted by molar-refractivity contribution is 8.03. The number of allylic oxidation sites excluding steroid dienone is 1. The number of nitrogens with zero attached hydrogens (tertiary/aromatic N) is 2. The highest BCUT2D eigenvalue weighted by Gasteiger charge is 2.38. The van der Waals surface area contributed by atoms with E-state index in [1.807, 2.05) is 43.5 Å². The van der Waals surface area contributed by atoms with Crippen LogP contribution < -0.4 is 25.2 Å². The summed E-state index contributed by atoms with van der Waals surface area (Å²) >= 11 is 2.98. The molecule has 10 nitrogen and oxygen atoms in total. The maximum Gasteiger partial charge on any atom is 0.303 e. The Labute approximate surface area is 352 Å². The van der Waals surface area contributed by atoms with Gasteiger partial charge in [-0.15, -0.1) is 35.9 Å². The van der Waals surface area contributed by atoms with E-state index < -0.39 is 23.9 Å². The molecule has 4 amide bonds. The minimum atomic E-state index is -0.881. The van der Waals surface area contributed by atoms with Gasteiger partial charge >= 0.3 is 11.8 Å². The predicted octanol–water partition coefficient (Wildman–Crippen LogP) is 8.38. The second-order valence-corrected chi connectivity index (χ2v) is 16.2. The van der Waals surface area contributed by atoms with E-state index in [1.165, 1.54) is 47.2 Å². The van der Waals surface area contributed by atoms with Crippen molar-refractivity contribution in [2.45, 2.75) is 109 Å². The fraction of sp³-hybridized carbons (Fsp3) is 0.435. The van der Waals surface area contributed by atoms with Gasteiger partial charge in [0.2, 0.25) is 11.8 Å². The maximum atomic E-state index is 13.3. The fourth-order valence-corrected chi connectivity index (χ4v) is 9.45. The highest BCUT2D eigenvalue weighted by Crippen LogP contribution is 2.39. The largest absolute Gasteiger partial charge is 0.506 e.